The van der Waals surface area contributed by atoms with E-state index >= 15 is 0 Å². The zero-order chi connectivity index (χ0) is 12.4. The lowest BCUT2D eigenvalue weighted by atomic mass is 9.70. The molecule has 1 heterocycles. The van der Waals surface area contributed by atoms with Crippen LogP contribution in [0, 0.1) is 22.7 Å². The van der Waals surface area contributed by atoms with Crippen LogP contribution in [-0.2, 0) is 19.1 Å². The van der Waals surface area contributed by atoms with E-state index in [1.54, 1.807) is 0 Å². The van der Waals surface area contributed by atoms with E-state index in [1.165, 1.54) is 0 Å². The molecule has 0 amide bonds. The standard InChI is InChI=1S/C13H14O4/c1-3-12-5-6-13(4-2,11(12)16)8-7(12)9(14)17-10(8)15/h5-8H,3-4H2,1-2H3. The van der Waals surface area contributed by atoms with Crippen LogP contribution in [0.15, 0.2) is 12.2 Å². The van der Waals surface area contributed by atoms with Gasteiger partial charge in [-0.25, -0.2) is 0 Å². The van der Waals surface area contributed by atoms with Gasteiger partial charge in [0.05, 0.1) is 22.7 Å². The molecule has 4 unspecified atom stereocenters. The number of allylic oxidation sites excluding steroid dienone is 2. The van der Waals surface area contributed by atoms with Crippen LogP contribution in [0.4, 0.5) is 0 Å². The zero-order valence-electron chi connectivity index (χ0n) is 9.86. The first-order valence-electron chi connectivity index (χ1n) is 6.04. The Bertz CT molecular complexity index is 438. The molecule has 17 heavy (non-hydrogen) atoms. The van der Waals surface area contributed by atoms with Gasteiger partial charge in [0.2, 0.25) is 0 Å². The molecule has 2 fully saturated rings. The second-order valence-corrected chi connectivity index (χ2v) is 5.15. The number of rotatable bonds is 2. The number of cyclic esters (lactones) is 2. The van der Waals surface area contributed by atoms with Crippen molar-refractivity contribution in [1.82, 2.24) is 0 Å². The van der Waals surface area contributed by atoms with Crippen LogP contribution >= 0.6 is 0 Å². The smallest absolute Gasteiger partial charge is 0.318 e. The normalized spacial score (nSPS) is 46.6. The van der Waals surface area contributed by atoms with Crippen molar-refractivity contribution in [2.24, 2.45) is 22.7 Å². The Balaban J connectivity index is 2.24. The van der Waals surface area contributed by atoms with Gasteiger partial charge in [-0.2, -0.15) is 0 Å². The molecular formula is C13H14O4. The van der Waals surface area contributed by atoms with Crippen molar-refractivity contribution in [1.29, 1.82) is 0 Å². The van der Waals surface area contributed by atoms with Gasteiger partial charge in [0.25, 0.3) is 0 Å². The van der Waals surface area contributed by atoms with E-state index in [0.29, 0.717) is 12.8 Å². The highest BCUT2D eigenvalue weighted by molar-refractivity contribution is 6.12. The Labute approximate surface area is 99.0 Å². The lowest BCUT2D eigenvalue weighted by Crippen LogP contribution is -2.33. The summed E-state index contributed by atoms with van der Waals surface area (Å²) in [5.74, 6) is -2.17. The highest BCUT2D eigenvalue weighted by atomic mass is 16.6. The number of fused-ring (bicyclic) bond motifs is 5. The molecule has 0 spiro atoms. The van der Waals surface area contributed by atoms with Gasteiger partial charge in [-0.15, -0.1) is 0 Å². The van der Waals surface area contributed by atoms with Crippen molar-refractivity contribution in [2.75, 3.05) is 0 Å². The number of esters is 2. The van der Waals surface area contributed by atoms with Gasteiger partial charge in [-0.05, 0) is 12.8 Å². The van der Waals surface area contributed by atoms with E-state index in [1.807, 2.05) is 26.0 Å². The Morgan fingerprint density at radius 2 is 1.41 bits per heavy atom. The van der Waals surface area contributed by atoms with Crippen molar-refractivity contribution < 1.29 is 19.1 Å². The average molecular weight is 234 g/mol. The summed E-state index contributed by atoms with van der Waals surface area (Å²) in [7, 11) is 0. The second-order valence-electron chi connectivity index (χ2n) is 5.15. The summed E-state index contributed by atoms with van der Waals surface area (Å²) >= 11 is 0. The predicted molar refractivity (Wildman–Crippen MR) is 57.7 cm³/mol. The zero-order valence-corrected chi connectivity index (χ0v) is 9.86. The topological polar surface area (TPSA) is 60.4 Å². The lowest BCUT2D eigenvalue weighted by molar-refractivity contribution is -0.158. The molecule has 2 bridgehead atoms. The van der Waals surface area contributed by atoms with Gasteiger partial charge in [0.15, 0.2) is 5.78 Å². The maximum absolute atomic E-state index is 12.6. The number of carbonyl (C=O) groups excluding carboxylic acids is 3. The number of ketones is 1. The minimum absolute atomic E-state index is 0.0370. The molecule has 0 radical (unpaired) electrons. The average Bonchev–Trinajstić information content (AvgIpc) is 2.86. The van der Waals surface area contributed by atoms with Gasteiger partial charge >= 0.3 is 11.9 Å². The first-order valence-corrected chi connectivity index (χ1v) is 6.04. The van der Waals surface area contributed by atoms with Gasteiger partial charge in [0, 0.05) is 0 Å². The second kappa shape index (κ2) is 2.86. The third-order valence-corrected chi connectivity index (χ3v) is 4.85. The number of ether oxygens (including phenoxy) is 1. The van der Waals surface area contributed by atoms with Gasteiger partial charge < -0.3 is 4.74 Å². The molecule has 0 N–H and O–H groups in total. The third-order valence-electron chi connectivity index (χ3n) is 4.85. The van der Waals surface area contributed by atoms with E-state index in [-0.39, 0.29) is 5.78 Å². The minimum Gasteiger partial charge on any atom is -0.393 e. The van der Waals surface area contributed by atoms with Crippen molar-refractivity contribution in [3.8, 4) is 0 Å². The van der Waals surface area contributed by atoms with E-state index in [0.717, 1.165) is 0 Å². The summed E-state index contributed by atoms with van der Waals surface area (Å²) in [5, 5.41) is 0. The molecule has 2 aliphatic carbocycles. The van der Waals surface area contributed by atoms with Gasteiger partial charge in [0.1, 0.15) is 0 Å². The molecule has 0 aromatic heterocycles. The molecule has 3 aliphatic rings. The molecule has 1 saturated heterocycles. The van der Waals surface area contributed by atoms with Crippen LogP contribution in [0.2, 0.25) is 0 Å². The molecule has 4 nitrogen and oxygen atoms in total. The van der Waals surface area contributed by atoms with Crippen LogP contribution < -0.4 is 0 Å². The summed E-state index contributed by atoms with van der Waals surface area (Å²) < 4.78 is 4.74. The number of Topliss-reactive ketones (excluding diaryl/α,β-unsaturated/α-hetero) is 1. The Kier molecular flexibility index (Phi) is 1.80. The van der Waals surface area contributed by atoms with Crippen LogP contribution in [0.5, 0.6) is 0 Å². The Morgan fingerprint density at radius 3 is 1.76 bits per heavy atom. The van der Waals surface area contributed by atoms with Crippen LogP contribution in [0.1, 0.15) is 26.7 Å². The van der Waals surface area contributed by atoms with Crippen LogP contribution in [-0.4, -0.2) is 17.7 Å². The minimum atomic E-state index is -0.788. The molecule has 0 aromatic carbocycles. The fraction of sp³-hybridized carbons (Fsp3) is 0.615. The molecule has 4 heteroatoms. The molecule has 1 saturated carbocycles. The monoisotopic (exact) mass is 234 g/mol. The number of carbonyl (C=O) groups is 3. The molecule has 1 aliphatic heterocycles. The quantitative estimate of drug-likeness (QED) is 0.410. The molecule has 3 rings (SSSR count). The van der Waals surface area contributed by atoms with E-state index < -0.39 is 34.6 Å². The summed E-state index contributed by atoms with van der Waals surface area (Å²) in [4.78, 5) is 36.1. The van der Waals surface area contributed by atoms with Crippen molar-refractivity contribution in [3.05, 3.63) is 12.2 Å². The van der Waals surface area contributed by atoms with Gasteiger partial charge in [-0.1, -0.05) is 26.0 Å². The van der Waals surface area contributed by atoms with Crippen LogP contribution in [0.25, 0.3) is 0 Å². The van der Waals surface area contributed by atoms with Gasteiger partial charge in [-0.3, -0.25) is 14.4 Å². The van der Waals surface area contributed by atoms with Crippen molar-refractivity contribution in [3.63, 3.8) is 0 Å². The molecular weight excluding hydrogens is 220 g/mol. The number of hydrogen-bond donors (Lipinski definition) is 0. The third kappa shape index (κ3) is 0.862. The molecule has 90 valence electrons. The summed E-state index contributed by atoms with van der Waals surface area (Å²) in [6, 6.07) is 0. The first-order chi connectivity index (χ1) is 8.03. The maximum Gasteiger partial charge on any atom is 0.318 e. The largest absolute Gasteiger partial charge is 0.393 e. The van der Waals surface area contributed by atoms with Crippen LogP contribution in [0.3, 0.4) is 0 Å². The summed E-state index contributed by atoms with van der Waals surface area (Å²) in [5.41, 5.74) is -1.58. The number of hydrogen-bond acceptors (Lipinski definition) is 4. The molecule has 0 aromatic rings. The summed E-state index contributed by atoms with van der Waals surface area (Å²) in [6.07, 6.45) is 4.76. The van der Waals surface area contributed by atoms with E-state index in [9.17, 15) is 14.4 Å². The Hall–Kier alpha value is -1.45. The maximum atomic E-state index is 12.6. The lowest BCUT2D eigenvalue weighted by Gasteiger charge is -2.26. The highest BCUT2D eigenvalue weighted by Gasteiger charge is 2.75. The Morgan fingerprint density at radius 1 is 1.00 bits per heavy atom. The van der Waals surface area contributed by atoms with Crippen molar-refractivity contribution in [2.45, 2.75) is 26.7 Å². The first kappa shape index (κ1) is 10.7. The SMILES string of the molecule is CCC12C=CC(CC)(C1=O)C1C(=O)OC(=O)C12. The van der Waals surface area contributed by atoms with Crippen molar-refractivity contribution >= 4 is 17.7 Å². The summed E-state index contributed by atoms with van der Waals surface area (Å²) in [6.45, 7) is 3.76. The van der Waals surface area contributed by atoms with E-state index in [4.69, 9.17) is 4.74 Å². The van der Waals surface area contributed by atoms with E-state index in [2.05, 4.69) is 0 Å². The fourth-order valence-electron chi connectivity index (χ4n) is 3.88. The molecule has 4 atom stereocenters. The highest BCUT2D eigenvalue weighted by Crippen LogP contribution is 2.65. The predicted octanol–water partition coefficient (Wildman–Crippen LogP) is 1.25. The fourth-order valence-corrected chi connectivity index (χ4v) is 3.88.